The molecular weight excluding hydrogens is 306 g/mol. The molecule has 3 fully saturated rings. The first-order chi connectivity index (χ1) is 12.2. The number of piperidine rings is 1. The summed E-state index contributed by atoms with van der Waals surface area (Å²) in [6.45, 7) is 5.18. The number of benzene rings is 1. The van der Waals surface area contributed by atoms with Crippen molar-refractivity contribution >= 4 is 0 Å². The third-order valence-electron chi connectivity index (χ3n) is 8.23. The maximum atomic E-state index is 5.60. The maximum absolute atomic E-state index is 5.60. The van der Waals surface area contributed by atoms with Crippen LogP contribution in [0.3, 0.4) is 0 Å². The largest absolute Gasteiger partial charge is 0.497 e. The molecule has 0 aromatic heterocycles. The fraction of sp³-hybridized carbons (Fsp3) is 0.739. The molecule has 4 atom stereocenters. The van der Waals surface area contributed by atoms with Gasteiger partial charge in [0.15, 0.2) is 0 Å². The van der Waals surface area contributed by atoms with E-state index in [1.54, 1.807) is 11.1 Å². The highest BCUT2D eigenvalue weighted by Crippen LogP contribution is 2.57. The number of hydrogen-bond donors (Lipinski definition) is 0. The molecule has 2 saturated carbocycles. The number of likely N-dealkylation sites (tertiary alicyclic amines) is 1. The average Bonchev–Trinajstić information content (AvgIpc) is 2.59. The smallest absolute Gasteiger partial charge is 0.119 e. The first kappa shape index (κ1) is 16.2. The lowest BCUT2D eigenvalue weighted by atomic mass is 9.51. The van der Waals surface area contributed by atoms with E-state index in [9.17, 15) is 0 Å². The van der Waals surface area contributed by atoms with E-state index in [0.29, 0.717) is 5.41 Å². The predicted octanol–water partition coefficient (Wildman–Crippen LogP) is 4.80. The van der Waals surface area contributed by atoms with Crippen molar-refractivity contribution in [1.82, 2.24) is 4.90 Å². The number of nitrogens with zero attached hydrogens (tertiary/aromatic N) is 1. The summed E-state index contributed by atoms with van der Waals surface area (Å²) < 4.78 is 5.60. The summed E-state index contributed by atoms with van der Waals surface area (Å²) in [4.78, 5) is 2.91. The van der Waals surface area contributed by atoms with E-state index in [1.807, 2.05) is 7.11 Å². The molecule has 0 N–H and O–H groups in total. The summed E-state index contributed by atoms with van der Waals surface area (Å²) in [5.41, 5.74) is 3.72. The van der Waals surface area contributed by atoms with Gasteiger partial charge < -0.3 is 4.74 Å². The lowest BCUT2D eigenvalue weighted by Gasteiger charge is -2.60. The van der Waals surface area contributed by atoms with Gasteiger partial charge in [0.05, 0.1) is 7.11 Å². The molecule has 2 heteroatoms. The van der Waals surface area contributed by atoms with Crippen molar-refractivity contribution in [3.63, 3.8) is 0 Å². The Hall–Kier alpha value is -1.02. The van der Waals surface area contributed by atoms with Gasteiger partial charge in [-0.3, -0.25) is 4.90 Å². The second-order valence-corrected chi connectivity index (χ2v) is 9.48. The quantitative estimate of drug-likeness (QED) is 0.784. The zero-order chi connectivity index (χ0) is 17.0. The molecular formula is C23H33NO. The van der Waals surface area contributed by atoms with Gasteiger partial charge in [-0.05, 0) is 92.5 Å². The van der Waals surface area contributed by atoms with E-state index < -0.39 is 0 Å². The molecule has 2 unspecified atom stereocenters. The van der Waals surface area contributed by atoms with Crippen LogP contribution in [-0.2, 0) is 11.8 Å². The molecule has 136 valence electrons. The van der Waals surface area contributed by atoms with Crippen LogP contribution in [0.5, 0.6) is 5.75 Å². The molecule has 0 radical (unpaired) electrons. The summed E-state index contributed by atoms with van der Waals surface area (Å²) in [6.07, 6.45) is 11.3. The molecule has 2 nitrogen and oxygen atoms in total. The Morgan fingerprint density at radius 2 is 2.08 bits per heavy atom. The van der Waals surface area contributed by atoms with Crippen molar-refractivity contribution in [3.05, 3.63) is 29.3 Å². The van der Waals surface area contributed by atoms with Crippen LogP contribution in [0, 0.1) is 17.8 Å². The molecule has 1 aromatic carbocycles. The molecule has 1 aliphatic heterocycles. The number of methoxy groups -OCH3 is 1. The van der Waals surface area contributed by atoms with Gasteiger partial charge in [0.25, 0.3) is 0 Å². The SMILES string of the molecule is COc1ccc2c(c1)[C@@]13CCC(C)CC1[C@@H](C2)N(CC1CCC1)CC3. The number of ether oxygens (including phenoxy) is 1. The van der Waals surface area contributed by atoms with E-state index in [1.165, 1.54) is 64.5 Å². The van der Waals surface area contributed by atoms with Gasteiger partial charge >= 0.3 is 0 Å². The molecule has 3 aliphatic carbocycles. The van der Waals surface area contributed by atoms with Gasteiger partial charge in [0.2, 0.25) is 0 Å². The van der Waals surface area contributed by atoms with Crippen LogP contribution in [0.15, 0.2) is 18.2 Å². The van der Waals surface area contributed by atoms with Crippen LogP contribution in [0.4, 0.5) is 0 Å². The number of rotatable bonds is 3. The molecule has 5 rings (SSSR count). The summed E-state index contributed by atoms with van der Waals surface area (Å²) in [7, 11) is 1.81. The van der Waals surface area contributed by atoms with Gasteiger partial charge in [0, 0.05) is 18.0 Å². The minimum atomic E-state index is 0.440. The molecule has 1 saturated heterocycles. The number of fused-ring (bicyclic) bond motifs is 1. The van der Waals surface area contributed by atoms with Crippen molar-refractivity contribution in [3.8, 4) is 5.75 Å². The minimum absolute atomic E-state index is 0.440. The Bertz CT molecular complexity index is 651. The van der Waals surface area contributed by atoms with Crippen LogP contribution < -0.4 is 4.74 Å². The lowest BCUT2D eigenvalue weighted by molar-refractivity contribution is -0.0348. The monoisotopic (exact) mass is 339 g/mol. The highest BCUT2D eigenvalue weighted by Gasteiger charge is 2.55. The highest BCUT2D eigenvalue weighted by molar-refractivity contribution is 5.45. The van der Waals surface area contributed by atoms with Crippen LogP contribution in [0.1, 0.15) is 63.0 Å². The van der Waals surface area contributed by atoms with Crippen molar-refractivity contribution in [2.75, 3.05) is 20.2 Å². The van der Waals surface area contributed by atoms with E-state index in [2.05, 4.69) is 30.0 Å². The average molecular weight is 340 g/mol. The zero-order valence-electron chi connectivity index (χ0n) is 16.0. The van der Waals surface area contributed by atoms with Crippen molar-refractivity contribution in [1.29, 1.82) is 0 Å². The predicted molar refractivity (Wildman–Crippen MR) is 102 cm³/mol. The van der Waals surface area contributed by atoms with Crippen LogP contribution in [-0.4, -0.2) is 31.1 Å². The highest BCUT2D eigenvalue weighted by atomic mass is 16.5. The van der Waals surface area contributed by atoms with Gasteiger partial charge in [-0.25, -0.2) is 0 Å². The second-order valence-electron chi connectivity index (χ2n) is 9.48. The van der Waals surface area contributed by atoms with Gasteiger partial charge in [-0.1, -0.05) is 19.4 Å². The molecule has 0 amide bonds. The Balaban J connectivity index is 1.54. The van der Waals surface area contributed by atoms with Crippen LogP contribution in [0.2, 0.25) is 0 Å². The zero-order valence-corrected chi connectivity index (χ0v) is 16.0. The molecule has 4 aliphatic rings. The summed E-state index contributed by atoms with van der Waals surface area (Å²) >= 11 is 0. The fourth-order valence-electron chi connectivity index (χ4n) is 6.59. The Labute approximate surface area is 152 Å². The molecule has 0 spiro atoms. The van der Waals surface area contributed by atoms with Crippen molar-refractivity contribution in [2.45, 2.75) is 69.7 Å². The summed E-state index contributed by atoms with van der Waals surface area (Å²) in [5, 5.41) is 0. The fourth-order valence-corrected chi connectivity index (χ4v) is 6.59. The molecule has 25 heavy (non-hydrogen) atoms. The van der Waals surface area contributed by atoms with Crippen LogP contribution in [0.25, 0.3) is 0 Å². The van der Waals surface area contributed by atoms with E-state index in [4.69, 9.17) is 4.74 Å². The normalized spacial score (nSPS) is 37.8. The second kappa shape index (κ2) is 6.01. The van der Waals surface area contributed by atoms with Crippen LogP contribution >= 0.6 is 0 Å². The first-order valence-corrected chi connectivity index (χ1v) is 10.6. The lowest BCUT2D eigenvalue weighted by Crippen LogP contribution is -2.62. The minimum Gasteiger partial charge on any atom is -0.497 e. The maximum Gasteiger partial charge on any atom is 0.119 e. The Morgan fingerprint density at radius 1 is 1.20 bits per heavy atom. The van der Waals surface area contributed by atoms with Gasteiger partial charge in [0.1, 0.15) is 5.75 Å². The van der Waals surface area contributed by atoms with Gasteiger partial charge in [-0.2, -0.15) is 0 Å². The topological polar surface area (TPSA) is 12.5 Å². The molecule has 1 aromatic rings. The summed E-state index contributed by atoms with van der Waals surface area (Å²) in [6, 6.07) is 7.76. The summed E-state index contributed by atoms with van der Waals surface area (Å²) in [5.74, 6) is 3.81. The van der Waals surface area contributed by atoms with E-state index in [-0.39, 0.29) is 0 Å². The number of hydrogen-bond acceptors (Lipinski definition) is 2. The third-order valence-corrected chi connectivity index (χ3v) is 8.23. The van der Waals surface area contributed by atoms with E-state index >= 15 is 0 Å². The third kappa shape index (κ3) is 2.47. The Morgan fingerprint density at radius 3 is 2.84 bits per heavy atom. The first-order valence-electron chi connectivity index (χ1n) is 10.6. The Kier molecular flexibility index (Phi) is 3.89. The van der Waals surface area contributed by atoms with Gasteiger partial charge in [-0.15, -0.1) is 0 Å². The van der Waals surface area contributed by atoms with Crippen molar-refractivity contribution < 1.29 is 4.74 Å². The van der Waals surface area contributed by atoms with E-state index in [0.717, 1.165) is 29.5 Å². The van der Waals surface area contributed by atoms with Crippen molar-refractivity contribution in [2.24, 2.45) is 17.8 Å². The molecule has 1 heterocycles. The standard InChI is InChI=1S/C23H33NO/c1-16-8-9-23-10-11-24(15-17-4-3-5-17)22(21(23)12-16)13-18-6-7-19(25-2)14-20(18)23/h6-7,14,16-17,21-22H,3-5,8-13,15H2,1-2H3/t16?,21?,22-,23+/m1/s1. The molecule has 2 bridgehead atoms.